The fourth-order valence-electron chi connectivity index (χ4n) is 1.30. The lowest BCUT2D eigenvalue weighted by Crippen LogP contribution is -2.26. The Bertz CT molecular complexity index is 69.1. The minimum atomic E-state index is 0.741. The van der Waals surface area contributed by atoms with E-state index < -0.39 is 0 Å². The molecule has 0 saturated heterocycles. The molecule has 0 aromatic heterocycles. The van der Waals surface area contributed by atoms with Crippen molar-refractivity contribution < 1.29 is 0 Å². The van der Waals surface area contributed by atoms with Crippen LogP contribution in [0.25, 0.3) is 0 Å². The molecule has 0 aliphatic carbocycles. The number of rotatable bonds is 5. The second kappa shape index (κ2) is 5.72. The first-order valence-corrected chi connectivity index (χ1v) is 4.38. The van der Waals surface area contributed by atoms with Crippen LogP contribution in [0.5, 0.6) is 0 Å². The maximum Gasteiger partial charge on any atom is 0.00663 e. The van der Waals surface area contributed by atoms with E-state index in [2.05, 4.69) is 33.1 Å². The third-order valence-electron chi connectivity index (χ3n) is 1.80. The van der Waals surface area contributed by atoms with E-state index in [4.69, 9.17) is 0 Å². The fraction of sp³-hybridized carbons (Fsp3) is 1.00. The summed E-state index contributed by atoms with van der Waals surface area (Å²) in [6.45, 7) is 6.80. The highest BCUT2D eigenvalue weighted by Crippen LogP contribution is 2.08. The third kappa shape index (κ3) is 4.80. The van der Waals surface area contributed by atoms with Gasteiger partial charge in [0.2, 0.25) is 0 Å². The Morgan fingerprint density at radius 2 is 1.90 bits per heavy atom. The maximum atomic E-state index is 3.33. The van der Waals surface area contributed by atoms with Gasteiger partial charge >= 0.3 is 0 Å². The van der Waals surface area contributed by atoms with Crippen molar-refractivity contribution in [2.24, 2.45) is 5.92 Å². The van der Waals surface area contributed by atoms with E-state index >= 15 is 0 Å². The molecule has 1 heteroatoms. The van der Waals surface area contributed by atoms with Gasteiger partial charge in [0, 0.05) is 6.04 Å². The molecule has 1 nitrogen and oxygen atoms in total. The first kappa shape index (κ1) is 9.96. The summed E-state index contributed by atoms with van der Waals surface area (Å²) >= 11 is 0. The molecule has 0 aromatic carbocycles. The minimum Gasteiger partial charge on any atom is -0.317 e. The summed E-state index contributed by atoms with van der Waals surface area (Å²) in [7, 11) is 2.06. The summed E-state index contributed by atoms with van der Waals surface area (Å²) in [6.07, 6.45) is 3.91. The SMILES string of the molecule is CCC[C@@H](CC(C)C)NC. The Balaban J connectivity index is 3.39. The molecule has 0 saturated carbocycles. The summed E-state index contributed by atoms with van der Waals surface area (Å²) in [5.41, 5.74) is 0. The number of hydrogen-bond acceptors (Lipinski definition) is 1. The summed E-state index contributed by atoms with van der Waals surface area (Å²) in [6, 6.07) is 0.741. The van der Waals surface area contributed by atoms with Crippen molar-refractivity contribution in [2.75, 3.05) is 7.05 Å². The average molecular weight is 143 g/mol. The molecular weight excluding hydrogens is 122 g/mol. The van der Waals surface area contributed by atoms with Crippen molar-refractivity contribution in [2.45, 2.75) is 46.1 Å². The van der Waals surface area contributed by atoms with Crippen LogP contribution < -0.4 is 5.32 Å². The maximum absolute atomic E-state index is 3.33. The van der Waals surface area contributed by atoms with Gasteiger partial charge < -0.3 is 5.32 Å². The van der Waals surface area contributed by atoms with E-state index in [-0.39, 0.29) is 0 Å². The standard InChI is InChI=1S/C9H21N/c1-5-6-9(10-4)7-8(2)3/h8-10H,5-7H2,1-4H3/t9-/m0/s1. The Morgan fingerprint density at radius 1 is 1.30 bits per heavy atom. The molecule has 1 N–H and O–H groups in total. The van der Waals surface area contributed by atoms with Crippen LogP contribution in [-0.4, -0.2) is 13.1 Å². The molecule has 1 atom stereocenters. The van der Waals surface area contributed by atoms with E-state index in [1.165, 1.54) is 19.3 Å². The van der Waals surface area contributed by atoms with Gasteiger partial charge in [-0.05, 0) is 25.8 Å². The highest BCUT2D eigenvalue weighted by Gasteiger charge is 2.05. The second-order valence-corrected chi connectivity index (χ2v) is 3.40. The quantitative estimate of drug-likeness (QED) is 0.623. The van der Waals surface area contributed by atoms with E-state index in [0.717, 1.165) is 12.0 Å². The van der Waals surface area contributed by atoms with Gasteiger partial charge in [-0.15, -0.1) is 0 Å². The molecule has 0 rings (SSSR count). The van der Waals surface area contributed by atoms with Crippen molar-refractivity contribution in [3.05, 3.63) is 0 Å². The number of hydrogen-bond donors (Lipinski definition) is 1. The highest BCUT2D eigenvalue weighted by atomic mass is 14.9. The van der Waals surface area contributed by atoms with E-state index in [0.29, 0.717) is 0 Å². The van der Waals surface area contributed by atoms with Gasteiger partial charge in [0.1, 0.15) is 0 Å². The molecule has 0 heterocycles. The van der Waals surface area contributed by atoms with Crippen molar-refractivity contribution in [3.63, 3.8) is 0 Å². The predicted octanol–water partition coefficient (Wildman–Crippen LogP) is 2.42. The lowest BCUT2D eigenvalue weighted by atomic mass is 10.0. The molecule has 0 aromatic rings. The molecule has 0 aliphatic heterocycles. The summed E-state index contributed by atoms with van der Waals surface area (Å²) in [5, 5.41) is 3.33. The second-order valence-electron chi connectivity index (χ2n) is 3.40. The zero-order valence-electron chi connectivity index (χ0n) is 7.78. The van der Waals surface area contributed by atoms with E-state index in [1.807, 2.05) is 0 Å². The average Bonchev–Trinajstić information content (AvgIpc) is 1.86. The molecule has 0 unspecified atom stereocenters. The molecule has 62 valence electrons. The molecule has 0 aliphatic rings. The smallest absolute Gasteiger partial charge is 0.00663 e. The van der Waals surface area contributed by atoms with Crippen LogP contribution in [0.1, 0.15) is 40.0 Å². The molecule has 0 amide bonds. The van der Waals surface area contributed by atoms with Crippen LogP contribution >= 0.6 is 0 Å². The van der Waals surface area contributed by atoms with Gasteiger partial charge in [-0.25, -0.2) is 0 Å². The summed E-state index contributed by atoms with van der Waals surface area (Å²) < 4.78 is 0. The molecule has 0 spiro atoms. The minimum absolute atomic E-state index is 0.741. The van der Waals surface area contributed by atoms with E-state index in [9.17, 15) is 0 Å². The van der Waals surface area contributed by atoms with Crippen molar-refractivity contribution >= 4 is 0 Å². The molecule has 0 radical (unpaired) electrons. The first-order valence-electron chi connectivity index (χ1n) is 4.38. The summed E-state index contributed by atoms with van der Waals surface area (Å²) in [5.74, 6) is 0.823. The van der Waals surface area contributed by atoms with Crippen LogP contribution in [0.15, 0.2) is 0 Å². The van der Waals surface area contributed by atoms with Gasteiger partial charge in [-0.2, -0.15) is 0 Å². The Labute approximate surface area is 65.2 Å². The zero-order chi connectivity index (χ0) is 7.98. The van der Waals surface area contributed by atoms with Gasteiger partial charge in [-0.3, -0.25) is 0 Å². The van der Waals surface area contributed by atoms with Crippen LogP contribution in [0.3, 0.4) is 0 Å². The highest BCUT2D eigenvalue weighted by molar-refractivity contribution is 4.64. The fourth-order valence-corrected chi connectivity index (χ4v) is 1.30. The van der Waals surface area contributed by atoms with Gasteiger partial charge in [0.15, 0.2) is 0 Å². The van der Waals surface area contributed by atoms with Crippen molar-refractivity contribution in [3.8, 4) is 0 Å². The van der Waals surface area contributed by atoms with Gasteiger partial charge in [-0.1, -0.05) is 27.2 Å². The first-order chi connectivity index (χ1) is 4.70. The zero-order valence-corrected chi connectivity index (χ0v) is 7.78. The summed E-state index contributed by atoms with van der Waals surface area (Å²) in [4.78, 5) is 0. The molecule has 10 heavy (non-hydrogen) atoms. The Hall–Kier alpha value is -0.0400. The molecule has 0 bridgehead atoms. The van der Waals surface area contributed by atoms with Gasteiger partial charge in [0.25, 0.3) is 0 Å². The number of nitrogens with one attached hydrogen (secondary N) is 1. The molecule has 0 fully saturated rings. The normalized spacial score (nSPS) is 14.1. The third-order valence-corrected chi connectivity index (χ3v) is 1.80. The largest absolute Gasteiger partial charge is 0.317 e. The Morgan fingerprint density at radius 3 is 2.20 bits per heavy atom. The topological polar surface area (TPSA) is 12.0 Å². The van der Waals surface area contributed by atoms with E-state index in [1.54, 1.807) is 0 Å². The van der Waals surface area contributed by atoms with Crippen molar-refractivity contribution in [1.82, 2.24) is 5.32 Å². The monoisotopic (exact) mass is 143 g/mol. The van der Waals surface area contributed by atoms with Crippen molar-refractivity contribution in [1.29, 1.82) is 0 Å². The lowest BCUT2D eigenvalue weighted by molar-refractivity contribution is 0.418. The lowest BCUT2D eigenvalue weighted by Gasteiger charge is -2.16. The Kier molecular flexibility index (Phi) is 5.70. The van der Waals surface area contributed by atoms with Crippen LogP contribution in [0.2, 0.25) is 0 Å². The predicted molar refractivity (Wildman–Crippen MR) is 47.2 cm³/mol. The van der Waals surface area contributed by atoms with Crippen LogP contribution in [0.4, 0.5) is 0 Å². The molecular formula is C9H21N. The van der Waals surface area contributed by atoms with Gasteiger partial charge in [0.05, 0.1) is 0 Å². The van der Waals surface area contributed by atoms with Crippen LogP contribution in [-0.2, 0) is 0 Å². The van der Waals surface area contributed by atoms with Crippen LogP contribution in [0, 0.1) is 5.92 Å².